The molecule has 2 nitrogen and oxygen atoms in total. The maximum atomic E-state index is 11.1. The van der Waals surface area contributed by atoms with Gasteiger partial charge in [-0.2, -0.15) is 0 Å². The Morgan fingerprint density at radius 3 is 2.92 bits per heavy atom. The molecule has 0 unspecified atom stereocenters. The average Bonchev–Trinajstić information content (AvgIpc) is 2.03. The molecule has 0 amide bonds. The van der Waals surface area contributed by atoms with E-state index in [1.54, 1.807) is 6.07 Å². The fraction of sp³-hybridized carbons (Fsp3) is 0. The minimum Gasteiger partial charge on any atom is -0.288 e. The molecule has 0 spiro atoms. The Morgan fingerprint density at radius 1 is 1.75 bits per heavy atom. The molecule has 0 bridgehead atoms. The molecule has 0 aliphatic carbocycles. The van der Waals surface area contributed by atoms with Crippen LogP contribution >= 0.6 is 27.5 Å². The molecule has 1 heterocycles. The highest BCUT2D eigenvalue weighted by Gasteiger charge is 2.07. The van der Waals surface area contributed by atoms with E-state index in [1.807, 2.05) is 0 Å². The van der Waals surface area contributed by atoms with Crippen LogP contribution in [-0.4, -0.2) is 10.8 Å². The molecule has 0 saturated heterocycles. The van der Waals surface area contributed by atoms with Crippen molar-refractivity contribution in [2.75, 3.05) is 0 Å². The number of carbonyl (C=O) groups excluding carboxylic acids is 1. The number of ketones is 1. The summed E-state index contributed by atoms with van der Waals surface area (Å²) < 4.78 is 0.583. The van der Waals surface area contributed by atoms with Gasteiger partial charge in [0.1, 0.15) is 5.69 Å². The second-order valence-electron chi connectivity index (χ2n) is 2.05. The normalized spacial score (nSPS) is 9.50. The van der Waals surface area contributed by atoms with Gasteiger partial charge in [0, 0.05) is 10.7 Å². The van der Waals surface area contributed by atoms with Gasteiger partial charge in [-0.15, -0.1) is 0 Å². The lowest BCUT2D eigenvalue weighted by Gasteiger charge is -1.98. The van der Waals surface area contributed by atoms with Crippen molar-refractivity contribution in [3.05, 3.63) is 40.1 Å². The molecule has 1 aromatic rings. The molecular formula is C8H5BrClNO. The first kappa shape index (κ1) is 9.42. The summed E-state index contributed by atoms with van der Waals surface area (Å²) in [5, 5.41) is 0.488. The topological polar surface area (TPSA) is 30.0 Å². The summed E-state index contributed by atoms with van der Waals surface area (Å²) in [4.78, 5) is 14.9. The third-order valence-electron chi connectivity index (χ3n) is 1.23. The Labute approximate surface area is 83.4 Å². The summed E-state index contributed by atoms with van der Waals surface area (Å²) in [7, 11) is 0. The van der Waals surface area contributed by atoms with Crippen molar-refractivity contribution in [3.63, 3.8) is 0 Å². The number of carbonyl (C=O) groups is 1. The zero-order chi connectivity index (χ0) is 9.14. The Morgan fingerprint density at radius 2 is 2.42 bits per heavy atom. The van der Waals surface area contributed by atoms with Crippen molar-refractivity contribution in [1.29, 1.82) is 0 Å². The second kappa shape index (κ2) is 3.83. The second-order valence-corrected chi connectivity index (χ2v) is 3.34. The van der Waals surface area contributed by atoms with Crippen LogP contribution in [0, 0.1) is 0 Å². The van der Waals surface area contributed by atoms with Gasteiger partial charge in [0.25, 0.3) is 0 Å². The predicted octanol–water partition coefficient (Wildman–Crippen LogP) is 2.87. The molecular weight excluding hydrogens is 241 g/mol. The molecule has 1 aromatic heterocycles. The van der Waals surface area contributed by atoms with E-state index in [9.17, 15) is 4.79 Å². The zero-order valence-corrected chi connectivity index (χ0v) is 8.39. The highest BCUT2D eigenvalue weighted by molar-refractivity contribution is 9.10. The molecule has 12 heavy (non-hydrogen) atoms. The van der Waals surface area contributed by atoms with E-state index < -0.39 is 0 Å². The maximum Gasteiger partial charge on any atom is 0.204 e. The third kappa shape index (κ3) is 1.93. The third-order valence-corrected chi connectivity index (χ3v) is 2.04. The van der Waals surface area contributed by atoms with E-state index in [0.717, 1.165) is 0 Å². The van der Waals surface area contributed by atoms with Gasteiger partial charge in [0.2, 0.25) is 5.78 Å². The minimum absolute atomic E-state index is 0.224. The van der Waals surface area contributed by atoms with Crippen molar-refractivity contribution in [2.45, 2.75) is 0 Å². The molecule has 0 aliphatic rings. The first-order valence-electron chi connectivity index (χ1n) is 3.13. The molecule has 62 valence electrons. The maximum absolute atomic E-state index is 11.1. The van der Waals surface area contributed by atoms with Crippen molar-refractivity contribution >= 4 is 33.3 Å². The number of pyridine rings is 1. The molecule has 0 aromatic carbocycles. The summed E-state index contributed by atoms with van der Waals surface area (Å²) in [6.07, 6.45) is 2.63. The van der Waals surface area contributed by atoms with Gasteiger partial charge in [-0.05, 0) is 28.1 Å². The molecule has 0 aliphatic heterocycles. The summed E-state index contributed by atoms with van der Waals surface area (Å²) in [5.41, 5.74) is 0.328. The molecule has 1 rings (SSSR count). The summed E-state index contributed by atoms with van der Waals surface area (Å²) >= 11 is 8.81. The predicted molar refractivity (Wildman–Crippen MR) is 51.5 cm³/mol. The smallest absolute Gasteiger partial charge is 0.204 e. The van der Waals surface area contributed by atoms with Gasteiger partial charge >= 0.3 is 0 Å². The van der Waals surface area contributed by atoms with Crippen LogP contribution in [0.15, 0.2) is 29.4 Å². The number of rotatable bonds is 2. The Balaban J connectivity index is 3.18. The Kier molecular flexibility index (Phi) is 3.00. The van der Waals surface area contributed by atoms with Crippen LogP contribution in [0.4, 0.5) is 0 Å². The standard InChI is InChI=1S/C8H5BrClNO/c1-2-7(12)8-6(9)3-5(10)4-11-8/h2-4H,1H2. The number of hydrogen-bond donors (Lipinski definition) is 0. The zero-order valence-electron chi connectivity index (χ0n) is 6.05. The summed E-state index contributed by atoms with van der Waals surface area (Å²) in [6, 6.07) is 1.62. The SMILES string of the molecule is C=CC(=O)c1ncc(Cl)cc1Br. The molecule has 0 N–H and O–H groups in total. The lowest BCUT2D eigenvalue weighted by Crippen LogP contribution is -1.98. The number of allylic oxidation sites excluding steroid dienone is 1. The summed E-state index contributed by atoms with van der Waals surface area (Å²) in [6.45, 7) is 3.36. The van der Waals surface area contributed by atoms with Crippen LogP contribution in [0.2, 0.25) is 5.02 Å². The van der Waals surface area contributed by atoms with E-state index >= 15 is 0 Å². The van der Waals surface area contributed by atoms with Crippen LogP contribution in [0.1, 0.15) is 10.5 Å². The molecule has 0 saturated carbocycles. The van der Waals surface area contributed by atoms with E-state index in [0.29, 0.717) is 15.2 Å². The first-order valence-corrected chi connectivity index (χ1v) is 4.30. The fourth-order valence-corrected chi connectivity index (χ4v) is 1.53. The number of nitrogens with zero attached hydrogens (tertiary/aromatic N) is 1. The fourth-order valence-electron chi connectivity index (χ4n) is 0.693. The highest BCUT2D eigenvalue weighted by Crippen LogP contribution is 2.19. The van der Waals surface area contributed by atoms with Gasteiger partial charge in [-0.1, -0.05) is 18.2 Å². The van der Waals surface area contributed by atoms with Crippen LogP contribution in [0.5, 0.6) is 0 Å². The largest absolute Gasteiger partial charge is 0.288 e. The van der Waals surface area contributed by atoms with Gasteiger partial charge < -0.3 is 0 Å². The molecule has 0 fully saturated rings. The Bertz CT molecular complexity index is 338. The monoisotopic (exact) mass is 245 g/mol. The Hall–Kier alpha value is -0.670. The average molecular weight is 246 g/mol. The number of hydrogen-bond acceptors (Lipinski definition) is 2. The van der Waals surface area contributed by atoms with Crippen molar-refractivity contribution in [3.8, 4) is 0 Å². The lowest BCUT2D eigenvalue weighted by molar-refractivity contribution is 0.104. The van der Waals surface area contributed by atoms with Crippen molar-refractivity contribution in [1.82, 2.24) is 4.98 Å². The lowest BCUT2D eigenvalue weighted by atomic mass is 10.2. The quantitative estimate of drug-likeness (QED) is 0.593. The number of halogens is 2. The molecule has 0 atom stereocenters. The van der Waals surface area contributed by atoms with Crippen molar-refractivity contribution in [2.24, 2.45) is 0 Å². The van der Waals surface area contributed by atoms with Gasteiger partial charge in [-0.25, -0.2) is 0 Å². The van der Waals surface area contributed by atoms with Crippen LogP contribution in [0.3, 0.4) is 0 Å². The van der Waals surface area contributed by atoms with E-state index in [4.69, 9.17) is 11.6 Å². The summed E-state index contributed by atoms with van der Waals surface area (Å²) in [5.74, 6) is -0.224. The van der Waals surface area contributed by atoms with Crippen LogP contribution < -0.4 is 0 Å². The van der Waals surface area contributed by atoms with E-state index in [1.165, 1.54) is 12.3 Å². The van der Waals surface area contributed by atoms with E-state index in [-0.39, 0.29) is 5.78 Å². The van der Waals surface area contributed by atoms with Crippen LogP contribution in [0.25, 0.3) is 0 Å². The highest BCUT2D eigenvalue weighted by atomic mass is 79.9. The van der Waals surface area contributed by atoms with Gasteiger partial charge in [-0.3, -0.25) is 9.78 Å². The van der Waals surface area contributed by atoms with E-state index in [2.05, 4.69) is 27.5 Å². The minimum atomic E-state index is -0.224. The molecule has 0 radical (unpaired) electrons. The number of aromatic nitrogens is 1. The van der Waals surface area contributed by atoms with Crippen LogP contribution in [-0.2, 0) is 0 Å². The van der Waals surface area contributed by atoms with Gasteiger partial charge in [0.05, 0.1) is 5.02 Å². The first-order chi connectivity index (χ1) is 5.65. The molecule has 4 heteroatoms. The van der Waals surface area contributed by atoms with Crippen molar-refractivity contribution < 1.29 is 4.79 Å². The van der Waals surface area contributed by atoms with Gasteiger partial charge in [0.15, 0.2) is 0 Å².